The molecular weight excluding hydrogens is 469 g/mol. The Kier molecular flexibility index (Phi) is 6.31. The molecule has 0 saturated carbocycles. The molecule has 10 heteroatoms. The van der Waals surface area contributed by atoms with Crippen molar-refractivity contribution in [1.82, 2.24) is 9.88 Å². The normalized spacial score (nSPS) is 22.1. The van der Waals surface area contributed by atoms with Crippen molar-refractivity contribution in [1.29, 1.82) is 0 Å². The number of nitrogens with one attached hydrogen (secondary N) is 1. The number of aromatic carboxylic acids is 1. The van der Waals surface area contributed by atoms with Crippen LogP contribution in [0.15, 0.2) is 23.1 Å². The number of alkyl carbamates (subject to hydrolysis) is 1. The summed E-state index contributed by atoms with van der Waals surface area (Å²) in [5.74, 6) is -1.90. The first-order valence-electron chi connectivity index (χ1n) is 12.1. The molecule has 0 bridgehead atoms. The molecular formula is C26H34FN3O6. The Morgan fingerprint density at radius 3 is 2.56 bits per heavy atom. The summed E-state index contributed by atoms with van der Waals surface area (Å²) in [4.78, 5) is 38.6. The maximum Gasteiger partial charge on any atom is 0.407 e. The predicted octanol–water partition coefficient (Wildman–Crippen LogP) is 3.71. The van der Waals surface area contributed by atoms with Crippen LogP contribution in [0.3, 0.4) is 0 Å². The number of aromatic nitrogens is 1. The Morgan fingerprint density at radius 1 is 1.25 bits per heavy atom. The van der Waals surface area contributed by atoms with E-state index in [4.69, 9.17) is 9.47 Å². The second-order valence-corrected chi connectivity index (χ2v) is 11.7. The molecule has 0 aliphatic carbocycles. The fraction of sp³-hybridized carbons (Fsp3) is 0.577. The minimum absolute atomic E-state index is 0.0167. The standard InChI is InChI=1S/C26H34FN3O6/c1-24(2,3)30-12-17(22(32)33)21(31)16-9-18(27)20(10-19(16)30)29-11-15-7-8-35-26(15,14-29)13-28-23(34)36-25(4,5)6/h9-10,12,15H,7-8,11,13-14H2,1-6H3,(H,28,34)(H,32,33). The van der Waals surface area contributed by atoms with Crippen molar-refractivity contribution in [3.05, 3.63) is 39.9 Å². The number of ether oxygens (including phenoxy) is 2. The van der Waals surface area contributed by atoms with E-state index in [-0.39, 0.29) is 17.8 Å². The number of amides is 1. The SMILES string of the molecule is CC(C)(C)OC(=O)NCC12CN(c3cc4c(cc3F)c(=O)c(C(=O)O)cn4C(C)(C)C)CC1CCO2. The molecule has 2 saturated heterocycles. The summed E-state index contributed by atoms with van der Waals surface area (Å²) in [7, 11) is 0. The zero-order chi connectivity index (χ0) is 26.6. The van der Waals surface area contributed by atoms with Gasteiger partial charge in [-0.25, -0.2) is 14.0 Å². The molecule has 0 radical (unpaired) electrons. The van der Waals surface area contributed by atoms with Crippen LogP contribution in [0.5, 0.6) is 0 Å². The van der Waals surface area contributed by atoms with Crippen LogP contribution in [0.2, 0.25) is 0 Å². The lowest BCUT2D eigenvalue weighted by molar-refractivity contribution is -0.000269. The van der Waals surface area contributed by atoms with E-state index < -0.39 is 45.6 Å². The number of benzene rings is 1. The number of carbonyl (C=O) groups is 2. The van der Waals surface area contributed by atoms with Crippen LogP contribution < -0.4 is 15.6 Å². The molecule has 2 aliphatic rings. The van der Waals surface area contributed by atoms with Gasteiger partial charge in [-0.05, 0) is 60.1 Å². The molecule has 1 aromatic heterocycles. The van der Waals surface area contributed by atoms with Gasteiger partial charge in [0.15, 0.2) is 0 Å². The van der Waals surface area contributed by atoms with Gasteiger partial charge in [0.05, 0.1) is 17.7 Å². The molecule has 0 spiro atoms. The van der Waals surface area contributed by atoms with Crippen LogP contribution in [-0.4, -0.2) is 59.2 Å². The highest BCUT2D eigenvalue weighted by Crippen LogP contribution is 2.42. The summed E-state index contributed by atoms with van der Waals surface area (Å²) in [5.41, 5.74) is -2.24. The van der Waals surface area contributed by atoms with Crippen LogP contribution in [0.25, 0.3) is 10.9 Å². The number of anilines is 1. The largest absolute Gasteiger partial charge is 0.477 e. The summed E-state index contributed by atoms with van der Waals surface area (Å²) in [6.45, 7) is 12.7. The summed E-state index contributed by atoms with van der Waals surface area (Å²) in [5, 5.41) is 12.3. The van der Waals surface area contributed by atoms with Gasteiger partial charge >= 0.3 is 12.1 Å². The summed E-state index contributed by atoms with van der Waals surface area (Å²) < 4.78 is 28.6. The van der Waals surface area contributed by atoms with E-state index in [1.165, 1.54) is 6.20 Å². The Hall–Kier alpha value is -3.14. The number of pyridine rings is 1. The number of hydrogen-bond acceptors (Lipinski definition) is 6. The van der Waals surface area contributed by atoms with Crippen LogP contribution in [-0.2, 0) is 15.0 Å². The van der Waals surface area contributed by atoms with Gasteiger partial charge in [0.2, 0.25) is 5.43 Å². The number of carboxylic acids is 1. The number of nitrogens with zero attached hydrogens (tertiary/aromatic N) is 2. The molecule has 196 valence electrons. The zero-order valence-electron chi connectivity index (χ0n) is 21.6. The molecule has 36 heavy (non-hydrogen) atoms. The van der Waals surface area contributed by atoms with Gasteiger partial charge in [-0.15, -0.1) is 0 Å². The number of hydrogen-bond donors (Lipinski definition) is 2. The van der Waals surface area contributed by atoms with Gasteiger partial charge in [-0.2, -0.15) is 0 Å². The number of carboxylic acid groups (broad SMARTS) is 1. The summed E-state index contributed by atoms with van der Waals surface area (Å²) in [6, 6.07) is 2.74. The first-order valence-corrected chi connectivity index (χ1v) is 12.1. The van der Waals surface area contributed by atoms with Crippen molar-refractivity contribution < 1.29 is 28.6 Å². The highest BCUT2D eigenvalue weighted by Gasteiger charge is 2.51. The number of fused-ring (bicyclic) bond motifs is 2. The highest BCUT2D eigenvalue weighted by atomic mass is 19.1. The van der Waals surface area contributed by atoms with Gasteiger partial charge in [-0.1, -0.05) is 0 Å². The molecule has 2 unspecified atom stereocenters. The lowest BCUT2D eigenvalue weighted by atomic mass is 9.91. The van der Waals surface area contributed by atoms with Crippen LogP contribution in [0.1, 0.15) is 58.3 Å². The summed E-state index contributed by atoms with van der Waals surface area (Å²) in [6.07, 6.45) is 1.56. The van der Waals surface area contributed by atoms with Crippen molar-refractivity contribution in [2.45, 2.75) is 64.7 Å². The summed E-state index contributed by atoms with van der Waals surface area (Å²) >= 11 is 0. The molecule has 2 fully saturated rings. The van der Waals surface area contributed by atoms with E-state index in [1.807, 2.05) is 25.7 Å². The molecule has 1 aromatic carbocycles. The minimum atomic E-state index is -1.35. The van der Waals surface area contributed by atoms with E-state index in [2.05, 4.69) is 5.32 Å². The first kappa shape index (κ1) is 25.9. The predicted molar refractivity (Wildman–Crippen MR) is 133 cm³/mol. The molecule has 3 heterocycles. The number of carbonyl (C=O) groups excluding carboxylic acids is 1. The van der Waals surface area contributed by atoms with E-state index in [0.29, 0.717) is 30.9 Å². The van der Waals surface area contributed by atoms with Gasteiger partial charge < -0.3 is 29.4 Å². The third kappa shape index (κ3) is 4.78. The molecule has 9 nitrogen and oxygen atoms in total. The highest BCUT2D eigenvalue weighted by molar-refractivity contribution is 5.93. The van der Waals surface area contributed by atoms with Gasteiger partial charge in [0.25, 0.3) is 0 Å². The van der Waals surface area contributed by atoms with Crippen molar-refractivity contribution >= 4 is 28.7 Å². The molecule has 2 atom stereocenters. The van der Waals surface area contributed by atoms with E-state index in [9.17, 15) is 19.5 Å². The second kappa shape index (κ2) is 8.76. The van der Waals surface area contributed by atoms with Crippen molar-refractivity contribution in [3.8, 4) is 0 Å². The average Bonchev–Trinajstić information content (AvgIpc) is 3.27. The number of rotatable bonds is 4. The van der Waals surface area contributed by atoms with Crippen LogP contribution >= 0.6 is 0 Å². The van der Waals surface area contributed by atoms with Crippen LogP contribution in [0.4, 0.5) is 14.9 Å². The lowest BCUT2D eigenvalue weighted by Gasteiger charge is -2.30. The number of halogens is 1. The molecule has 2 aliphatic heterocycles. The zero-order valence-corrected chi connectivity index (χ0v) is 21.6. The Balaban J connectivity index is 1.70. The van der Waals surface area contributed by atoms with Gasteiger partial charge in [0.1, 0.15) is 22.6 Å². The Bertz CT molecular complexity index is 1280. The maximum atomic E-state index is 15.4. The quantitative estimate of drug-likeness (QED) is 0.654. The van der Waals surface area contributed by atoms with Crippen molar-refractivity contribution in [3.63, 3.8) is 0 Å². The Morgan fingerprint density at radius 2 is 1.94 bits per heavy atom. The van der Waals surface area contributed by atoms with E-state index in [1.54, 1.807) is 31.4 Å². The molecule has 2 aromatic rings. The fourth-order valence-electron chi connectivity index (χ4n) is 5.13. The third-order valence-corrected chi connectivity index (χ3v) is 6.80. The first-order chi connectivity index (χ1) is 16.6. The fourth-order valence-corrected chi connectivity index (χ4v) is 5.13. The topological polar surface area (TPSA) is 110 Å². The third-order valence-electron chi connectivity index (χ3n) is 6.80. The van der Waals surface area contributed by atoms with Gasteiger partial charge in [-0.3, -0.25) is 4.79 Å². The Labute approximate surface area is 209 Å². The van der Waals surface area contributed by atoms with Crippen LogP contribution in [0, 0.1) is 11.7 Å². The maximum absolute atomic E-state index is 15.4. The average molecular weight is 504 g/mol. The molecule has 1 amide bonds. The van der Waals surface area contributed by atoms with Gasteiger partial charge in [0, 0.05) is 42.7 Å². The molecule has 4 rings (SSSR count). The molecule has 2 N–H and O–H groups in total. The second-order valence-electron chi connectivity index (χ2n) is 11.7. The van der Waals surface area contributed by atoms with E-state index >= 15 is 4.39 Å². The lowest BCUT2D eigenvalue weighted by Crippen LogP contribution is -2.49. The van der Waals surface area contributed by atoms with Crippen molar-refractivity contribution in [2.75, 3.05) is 31.1 Å². The minimum Gasteiger partial charge on any atom is -0.477 e. The monoisotopic (exact) mass is 503 g/mol. The van der Waals surface area contributed by atoms with E-state index in [0.717, 1.165) is 12.5 Å². The van der Waals surface area contributed by atoms with Crippen molar-refractivity contribution in [2.24, 2.45) is 5.92 Å². The smallest absolute Gasteiger partial charge is 0.407 e.